The number of sulfonamides is 1. The first-order valence-corrected chi connectivity index (χ1v) is 11.7. The van der Waals surface area contributed by atoms with Crippen LogP contribution in [0.4, 0.5) is 0 Å². The monoisotopic (exact) mass is 436 g/mol. The Balaban J connectivity index is 1.35. The Bertz CT molecular complexity index is 942. The molecule has 2 aliphatic heterocycles. The first-order chi connectivity index (χ1) is 14.0. The fourth-order valence-electron chi connectivity index (χ4n) is 3.66. The molecule has 2 aliphatic rings. The summed E-state index contributed by atoms with van der Waals surface area (Å²) in [7, 11) is -3.61. The summed E-state index contributed by atoms with van der Waals surface area (Å²) in [5.74, 6) is 1.08. The molecule has 0 radical (unpaired) electrons. The molecule has 2 aromatic rings. The highest BCUT2D eigenvalue weighted by atomic mass is 35.5. The molecule has 29 heavy (non-hydrogen) atoms. The summed E-state index contributed by atoms with van der Waals surface area (Å²) in [6, 6.07) is 12.6. The molecule has 0 spiro atoms. The second kappa shape index (κ2) is 8.92. The molecular formula is C21H25ClN2O4S. The summed E-state index contributed by atoms with van der Waals surface area (Å²) >= 11 is 5.94. The molecule has 1 N–H and O–H groups in total. The average Bonchev–Trinajstić information content (AvgIpc) is 2.96. The highest BCUT2D eigenvalue weighted by Gasteiger charge is 2.26. The minimum absolute atomic E-state index is 0.0718. The highest BCUT2D eigenvalue weighted by molar-refractivity contribution is 7.89. The molecular weight excluding hydrogens is 412 g/mol. The third kappa shape index (κ3) is 5.22. The van der Waals surface area contributed by atoms with E-state index in [1.165, 1.54) is 5.56 Å². The molecule has 6 nitrogen and oxygen atoms in total. The van der Waals surface area contributed by atoms with Crippen LogP contribution >= 0.6 is 11.6 Å². The molecule has 0 bridgehead atoms. The number of hydrogen-bond acceptors (Lipinski definition) is 5. The molecule has 2 heterocycles. The van der Waals surface area contributed by atoms with E-state index in [1.54, 1.807) is 18.2 Å². The molecule has 4 rings (SSSR count). The van der Waals surface area contributed by atoms with E-state index < -0.39 is 10.0 Å². The number of ether oxygens (including phenoxy) is 2. The molecule has 2 aromatic carbocycles. The predicted molar refractivity (Wildman–Crippen MR) is 112 cm³/mol. The van der Waals surface area contributed by atoms with Gasteiger partial charge in [-0.05, 0) is 42.7 Å². The number of rotatable bonds is 5. The molecule has 156 valence electrons. The summed E-state index contributed by atoms with van der Waals surface area (Å²) in [6.45, 7) is 3.63. The van der Waals surface area contributed by atoms with Crippen molar-refractivity contribution < 1.29 is 17.9 Å². The van der Waals surface area contributed by atoms with E-state index in [1.807, 2.05) is 24.3 Å². The Hall–Kier alpha value is -1.80. The first kappa shape index (κ1) is 20.5. The molecule has 0 aromatic heterocycles. The van der Waals surface area contributed by atoms with Gasteiger partial charge in [0.15, 0.2) is 11.5 Å². The van der Waals surface area contributed by atoms with Crippen molar-refractivity contribution in [1.29, 1.82) is 0 Å². The lowest BCUT2D eigenvalue weighted by atomic mass is 10.1. The fraction of sp³-hybridized carbons (Fsp3) is 0.429. The largest absolute Gasteiger partial charge is 0.490 e. The van der Waals surface area contributed by atoms with Gasteiger partial charge in [0.1, 0.15) is 0 Å². The van der Waals surface area contributed by atoms with Crippen LogP contribution in [0.15, 0.2) is 47.4 Å². The van der Waals surface area contributed by atoms with Crippen LogP contribution in [0.5, 0.6) is 11.5 Å². The minimum Gasteiger partial charge on any atom is -0.490 e. The van der Waals surface area contributed by atoms with E-state index in [-0.39, 0.29) is 10.9 Å². The second-order valence-corrected chi connectivity index (χ2v) is 9.61. The van der Waals surface area contributed by atoms with Crippen LogP contribution < -0.4 is 14.2 Å². The van der Waals surface area contributed by atoms with Crippen LogP contribution in [0.3, 0.4) is 0 Å². The molecule has 0 atom stereocenters. The SMILES string of the molecule is O=S(=O)(NC1CCN(Cc2ccc(Cl)cc2)CC1)c1ccc2c(c1)OCCCO2. The number of piperidine rings is 1. The van der Waals surface area contributed by atoms with Crippen molar-refractivity contribution in [2.45, 2.75) is 36.7 Å². The summed E-state index contributed by atoms with van der Waals surface area (Å²) in [4.78, 5) is 2.55. The van der Waals surface area contributed by atoms with Crippen LogP contribution in [-0.2, 0) is 16.6 Å². The molecule has 1 saturated heterocycles. The molecule has 0 unspecified atom stereocenters. The lowest BCUT2D eigenvalue weighted by molar-refractivity contribution is 0.200. The highest BCUT2D eigenvalue weighted by Crippen LogP contribution is 2.32. The van der Waals surface area contributed by atoms with Gasteiger partial charge in [0.05, 0.1) is 18.1 Å². The topological polar surface area (TPSA) is 67.9 Å². The van der Waals surface area contributed by atoms with Gasteiger partial charge in [0, 0.05) is 43.2 Å². The van der Waals surface area contributed by atoms with E-state index in [9.17, 15) is 8.42 Å². The van der Waals surface area contributed by atoms with Crippen LogP contribution in [-0.4, -0.2) is 45.7 Å². The van der Waals surface area contributed by atoms with Crippen LogP contribution in [0.25, 0.3) is 0 Å². The van der Waals surface area contributed by atoms with Crippen LogP contribution in [0.2, 0.25) is 5.02 Å². The number of halogens is 1. The van der Waals surface area contributed by atoms with Crippen molar-refractivity contribution in [3.63, 3.8) is 0 Å². The minimum atomic E-state index is -3.61. The van der Waals surface area contributed by atoms with E-state index in [4.69, 9.17) is 21.1 Å². The Kier molecular flexibility index (Phi) is 6.29. The Morgan fingerprint density at radius 2 is 1.69 bits per heavy atom. The van der Waals surface area contributed by atoms with Gasteiger partial charge < -0.3 is 9.47 Å². The Labute approximate surface area is 176 Å². The third-order valence-electron chi connectivity index (χ3n) is 5.26. The first-order valence-electron chi connectivity index (χ1n) is 9.88. The van der Waals surface area contributed by atoms with Gasteiger partial charge >= 0.3 is 0 Å². The maximum atomic E-state index is 12.8. The van der Waals surface area contributed by atoms with Crippen molar-refractivity contribution in [3.05, 3.63) is 53.1 Å². The molecule has 0 amide bonds. The summed E-state index contributed by atoms with van der Waals surface area (Å²) in [5, 5.41) is 0.733. The summed E-state index contributed by atoms with van der Waals surface area (Å²) in [6.07, 6.45) is 2.33. The van der Waals surface area contributed by atoms with E-state index >= 15 is 0 Å². The number of fused-ring (bicyclic) bond motifs is 1. The lowest BCUT2D eigenvalue weighted by Crippen LogP contribution is -2.44. The van der Waals surface area contributed by atoms with Crippen molar-refractivity contribution in [2.24, 2.45) is 0 Å². The second-order valence-electron chi connectivity index (χ2n) is 7.46. The van der Waals surface area contributed by atoms with E-state index in [0.717, 1.165) is 43.9 Å². The van der Waals surface area contributed by atoms with Crippen LogP contribution in [0, 0.1) is 0 Å². The van der Waals surface area contributed by atoms with Crippen molar-refractivity contribution >= 4 is 21.6 Å². The fourth-order valence-corrected chi connectivity index (χ4v) is 5.10. The number of benzene rings is 2. The zero-order chi connectivity index (χ0) is 20.3. The van der Waals surface area contributed by atoms with Crippen molar-refractivity contribution in [2.75, 3.05) is 26.3 Å². The van der Waals surface area contributed by atoms with E-state index in [0.29, 0.717) is 24.7 Å². The van der Waals surface area contributed by atoms with Gasteiger partial charge in [0.2, 0.25) is 10.0 Å². The zero-order valence-corrected chi connectivity index (χ0v) is 17.7. The summed E-state index contributed by atoms with van der Waals surface area (Å²) in [5.41, 5.74) is 1.21. The Morgan fingerprint density at radius 3 is 2.41 bits per heavy atom. The van der Waals surface area contributed by atoms with E-state index in [2.05, 4.69) is 9.62 Å². The van der Waals surface area contributed by atoms with Gasteiger partial charge in [-0.3, -0.25) is 4.90 Å². The molecule has 0 aliphatic carbocycles. The zero-order valence-electron chi connectivity index (χ0n) is 16.1. The van der Waals surface area contributed by atoms with Crippen LogP contribution in [0.1, 0.15) is 24.8 Å². The van der Waals surface area contributed by atoms with Gasteiger partial charge in [-0.25, -0.2) is 13.1 Å². The lowest BCUT2D eigenvalue weighted by Gasteiger charge is -2.32. The van der Waals surface area contributed by atoms with Gasteiger partial charge in [-0.2, -0.15) is 0 Å². The normalized spacial score (nSPS) is 18.4. The quantitative estimate of drug-likeness (QED) is 0.777. The Morgan fingerprint density at radius 1 is 1.00 bits per heavy atom. The van der Waals surface area contributed by atoms with Gasteiger partial charge in [-0.15, -0.1) is 0 Å². The maximum Gasteiger partial charge on any atom is 0.240 e. The van der Waals surface area contributed by atoms with Crippen molar-refractivity contribution in [1.82, 2.24) is 9.62 Å². The molecule has 0 saturated carbocycles. The summed E-state index contributed by atoms with van der Waals surface area (Å²) < 4.78 is 39.7. The smallest absolute Gasteiger partial charge is 0.240 e. The van der Waals surface area contributed by atoms with Gasteiger partial charge in [0.25, 0.3) is 0 Å². The molecule has 1 fully saturated rings. The number of nitrogens with zero attached hydrogens (tertiary/aromatic N) is 1. The maximum absolute atomic E-state index is 12.8. The number of hydrogen-bond donors (Lipinski definition) is 1. The number of likely N-dealkylation sites (tertiary alicyclic amines) is 1. The molecule has 8 heteroatoms. The number of nitrogens with one attached hydrogen (secondary N) is 1. The van der Waals surface area contributed by atoms with Gasteiger partial charge in [-0.1, -0.05) is 23.7 Å². The predicted octanol–water partition coefficient (Wildman–Crippen LogP) is 3.44. The van der Waals surface area contributed by atoms with Crippen molar-refractivity contribution in [3.8, 4) is 11.5 Å². The average molecular weight is 437 g/mol. The standard InChI is InChI=1S/C21H25ClN2O4S/c22-17-4-2-16(3-5-17)15-24-10-8-18(9-11-24)23-29(25,26)19-6-7-20-21(14-19)28-13-1-12-27-20/h2-7,14,18,23H,1,8-13,15H2. The third-order valence-corrected chi connectivity index (χ3v) is 7.03.